The van der Waals surface area contributed by atoms with Crippen molar-refractivity contribution in [1.29, 1.82) is 0 Å². The van der Waals surface area contributed by atoms with E-state index in [0.717, 1.165) is 12.8 Å². The van der Waals surface area contributed by atoms with Crippen LogP contribution in [0.5, 0.6) is 0 Å². The number of amides is 2. The van der Waals surface area contributed by atoms with Crippen molar-refractivity contribution in [2.24, 2.45) is 0 Å². The fourth-order valence-electron chi connectivity index (χ4n) is 2.63. The zero-order chi connectivity index (χ0) is 14.0. The number of hydrogen-bond donors (Lipinski definition) is 3. The van der Waals surface area contributed by atoms with Crippen LogP contribution in [0.4, 0.5) is 4.79 Å². The monoisotopic (exact) mass is 272 g/mol. The first-order valence-electron chi connectivity index (χ1n) is 6.49. The lowest BCUT2D eigenvalue weighted by molar-refractivity contribution is -0.141. The van der Waals surface area contributed by atoms with E-state index < -0.39 is 29.7 Å². The number of hydrogen-bond acceptors (Lipinski definition) is 4. The summed E-state index contributed by atoms with van der Waals surface area (Å²) in [6, 6.07) is -1.40. The van der Waals surface area contributed by atoms with Crippen molar-refractivity contribution in [3.8, 4) is 0 Å². The molecule has 2 rings (SSSR count). The third kappa shape index (κ3) is 3.16. The maximum Gasteiger partial charge on any atom is 0.326 e. The first-order chi connectivity index (χ1) is 8.91. The number of aliphatic hydroxyl groups is 1. The van der Waals surface area contributed by atoms with Gasteiger partial charge in [0.2, 0.25) is 0 Å². The number of nitrogens with one attached hydrogen (secondary N) is 1. The number of β-amino-alcohol motifs (C(OH)–C–C–N with tert-alkyl or cyclic N) is 1. The van der Waals surface area contributed by atoms with E-state index in [4.69, 9.17) is 9.84 Å². The predicted molar refractivity (Wildman–Crippen MR) is 65.7 cm³/mol. The third-order valence-corrected chi connectivity index (χ3v) is 3.67. The van der Waals surface area contributed by atoms with E-state index in [1.165, 1.54) is 4.90 Å². The Balaban J connectivity index is 2.00. The second-order valence-electron chi connectivity index (χ2n) is 5.54. The Morgan fingerprint density at radius 3 is 2.79 bits per heavy atom. The van der Waals surface area contributed by atoms with Gasteiger partial charge < -0.3 is 25.2 Å². The Kier molecular flexibility index (Phi) is 3.96. The van der Waals surface area contributed by atoms with Crippen LogP contribution in [0.1, 0.15) is 26.2 Å². The van der Waals surface area contributed by atoms with E-state index in [1.807, 2.05) is 6.92 Å². The number of likely N-dealkylation sites (tertiary alicyclic amines) is 1. The molecule has 2 heterocycles. The lowest BCUT2D eigenvalue weighted by Gasteiger charge is -2.36. The molecule has 2 fully saturated rings. The summed E-state index contributed by atoms with van der Waals surface area (Å²) >= 11 is 0. The minimum Gasteiger partial charge on any atom is -0.480 e. The van der Waals surface area contributed by atoms with Crippen LogP contribution in [0.15, 0.2) is 0 Å². The van der Waals surface area contributed by atoms with Gasteiger partial charge in [0.25, 0.3) is 0 Å². The van der Waals surface area contributed by atoms with Crippen LogP contribution >= 0.6 is 0 Å². The van der Waals surface area contributed by atoms with Crippen LogP contribution in [-0.2, 0) is 9.53 Å². The fraction of sp³-hybridized carbons (Fsp3) is 0.833. The molecule has 7 nitrogen and oxygen atoms in total. The molecule has 0 saturated carbocycles. The van der Waals surface area contributed by atoms with Crippen LogP contribution in [0.2, 0.25) is 0 Å². The summed E-state index contributed by atoms with van der Waals surface area (Å²) in [4.78, 5) is 24.4. The van der Waals surface area contributed by atoms with Crippen molar-refractivity contribution in [3.05, 3.63) is 0 Å². The Morgan fingerprint density at radius 1 is 1.47 bits per heavy atom. The van der Waals surface area contributed by atoms with Gasteiger partial charge in [0.05, 0.1) is 18.2 Å². The summed E-state index contributed by atoms with van der Waals surface area (Å²) in [5.74, 6) is -1.09. The van der Waals surface area contributed by atoms with Crippen LogP contribution in [-0.4, -0.2) is 64.6 Å². The maximum atomic E-state index is 12.2. The molecular weight excluding hydrogens is 252 g/mol. The molecule has 2 aliphatic heterocycles. The van der Waals surface area contributed by atoms with Gasteiger partial charge in [-0.15, -0.1) is 0 Å². The molecule has 2 saturated heterocycles. The van der Waals surface area contributed by atoms with Crippen LogP contribution < -0.4 is 5.32 Å². The highest BCUT2D eigenvalue weighted by molar-refractivity contribution is 5.83. The first kappa shape index (κ1) is 14.1. The zero-order valence-corrected chi connectivity index (χ0v) is 11.0. The number of ether oxygens (including phenoxy) is 1. The van der Waals surface area contributed by atoms with Gasteiger partial charge in [0.1, 0.15) is 6.04 Å². The van der Waals surface area contributed by atoms with Crippen molar-refractivity contribution < 1.29 is 24.5 Å². The van der Waals surface area contributed by atoms with E-state index in [9.17, 15) is 14.7 Å². The second kappa shape index (κ2) is 5.34. The lowest BCUT2D eigenvalue weighted by atomic mass is 9.95. The maximum absolute atomic E-state index is 12.2. The molecule has 0 aromatic carbocycles. The summed E-state index contributed by atoms with van der Waals surface area (Å²) < 4.78 is 5.35. The quantitative estimate of drug-likeness (QED) is 0.645. The molecule has 3 atom stereocenters. The summed E-state index contributed by atoms with van der Waals surface area (Å²) in [7, 11) is 0. The molecule has 19 heavy (non-hydrogen) atoms. The molecule has 7 heteroatoms. The van der Waals surface area contributed by atoms with Crippen molar-refractivity contribution in [2.45, 2.75) is 43.9 Å². The van der Waals surface area contributed by atoms with Gasteiger partial charge in [-0.1, -0.05) is 0 Å². The summed E-state index contributed by atoms with van der Waals surface area (Å²) in [6.45, 7) is 3.05. The fourth-order valence-corrected chi connectivity index (χ4v) is 2.63. The number of rotatable bonds is 2. The summed E-state index contributed by atoms with van der Waals surface area (Å²) in [5, 5.41) is 21.4. The topological polar surface area (TPSA) is 99.1 Å². The average molecular weight is 272 g/mol. The molecule has 0 spiro atoms. The molecule has 0 aromatic heterocycles. The van der Waals surface area contributed by atoms with Crippen molar-refractivity contribution >= 4 is 12.0 Å². The zero-order valence-electron chi connectivity index (χ0n) is 11.0. The normalized spacial score (nSPS) is 35.2. The number of nitrogens with zero attached hydrogens (tertiary/aromatic N) is 1. The van der Waals surface area contributed by atoms with E-state index >= 15 is 0 Å². The van der Waals surface area contributed by atoms with Crippen molar-refractivity contribution in [2.75, 3.05) is 19.8 Å². The highest BCUT2D eigenvalue weighted by atomic mass is 16.5. The number of carboxylic acid groups (broad SMARTS) is 1. The standard InChI is InChI=1S/C12H20N2O5/c1-12(3-2-4-19-7-12)13-11(18)14-6-8(15)5-9(14)10(16)17/h8-9,15H,2-7H2,1H3,(H,13,18)(H,16,17)/t8-,9-,12?/m0/s1. The Bertz CT molecular complexity index is 367. The Labute approximate surface area is 111 Å². The molecule has 0 aliphatic carbocycles. The predicted octanol–water partition coefficient (Wildman–Crippen LogP) is -0.215. The highest BCUT2D eigenvalue weighted by Gasteiger charge is 2.41. The summed E-state index contributed by atoms with van der Waals surface area (Å²) in [5.41, 5.74) is -0.466. The number of urea groups is 1. The molecule has 0 bridgehead atoms. The van der Waals surface area contributed by atoms with Crippen molar-refractivity contribution in [3.63, 3.8) is 0 Å². The molecule has 2 aliphatic rings. The number of aliphatic hydroxyl groups excluding tert-OH is 1. The van der Waals surface area contributed by atoms with E-state index in [1.54, 1.807) is 0 Å². The highest BCUT2D eigenvalue weighted by Crippen LogP contribution is 2.22. The van der Waals surface area contributed by atoms with Gasteiger partial charge in [-0.2, -0.15) is 0 Å². The Morgan fingerprint density at radius 2 is 2.21 bits per heavy atom. The van der Waals surface area contributed by atoms with E-state index in [0.29, 0.717) is 13.2 Å². The number of carbonyl (C=O) groups excluding carboxylic acids is 1. The molecule has 0 aromatic rings. The lowest BCUT2D eigenvalue weighted by Crippen LogP contribution is -2.57. The smallest absolute Gasteiger partial charge is 0.326 e. The average Bonchev–Trinajstić information content (AvgIpc) is 2.72. The molecule has 108 valence electrons. The number of carbonyl (C=O) groups is 2. The van der Waals surface area contributed by atoms with Gasteiger partial charge >= 0.3 is 12.0 Å². The van der Waals surface area contributed by atoms with Crippen LogP contribution in [0, 0.1) is 0 Å². The van der Waals surface area contributed by atoms with Gasteiger partial charge in [-0.05, 0) is 19.8 Å². The minimum absolute atomic E-state index is 0.0553. The third-order valence-electron chi connectivity index (χ3n) is 3.67. The Hall–Kier alpha value is -1.34. The molecule has 1 unspecified atom stereocenters. The largest absolute Gasteiger partial charge is 0.480 e. The molecule has 0 radical (unpaired) electrons. The van der Waals surface area contributed by atoms with Crippen LogP contribution in [0.3, 0.4) is 0 Å². The number of aliphatic carboxylic acids is 1. The SMILES string of the molecule is CC1(NC(=O)N2C[C@@H](O)C[C@H]2C(=O)O)CCCOC1. The number of carboxylic acids is 1. The molecular formula is C12H20N2O5. The van der Waals surface area contributed by atoms with Crippen molar-refractivity contribution in [1.82, 2.24) is 10.2 Å². The molecule has 3 N–H and O–H groups in total. The van der Waals surface area contributed by atoms with Gasteiger partial charge in [-0.3, -0.25) is 0 Å². The van der Waals surface area contributed by atoms with Gasteiger partial charge in [-0.25, -0.2) is 9.59 Å². The minimum atomic E-state index is -1.09. The molecule has 2 amide bonds. The second-order valence-corrected chi connectivity index (χ2v) is 5.54. The van der Waals surface area contributed by atoms with Gasteiger partial charge in [0.15, 0.2) is 0 Å². The first-order valence-corrected chi connectivity index (χ1v) is 6.49. The summed E-state index contributed by atoms with van der Waals surface area (Å²) in [6.07, 6.45) is 0.965. The van der Waals surface area contributed by atoms with Gasteiger partial charge in [0, 0.05) is 19.6 Å². The van der Waals surface area contributed by atoms with Crippen LogP contribution in [0.25, 0.3) is 0 Å². The van der Waals surface area contributed by atoms with E-state index in [-0.39, 0.29) is 13.0 Å². The van der Waals surface area contributed by atoms with E-state index in [2.05, 4.69) is 5.32 Å².